The van der Waals surface area contributed by atoms with Gasteiger partial charge in [-0.1, -0.05) is 100 Å². The second-order valence-corrected chi connectivity index (χ2v) is 6.88. The molecule has 0 atom stereocenters. The van der Waals surface area contributed by atoms with E-state index in [0.29, 0.717) is 13.0 Å². The lowest BCUT2D eigenvalue weighted by Gasteiger charge is -2.06. The van der Waals surface area contributed by atoms with E-state index in [1.165, 1.54) is 44.9 Å². The zero-order valence-electron chi connectivity index (χ0n) is 16.1. The van der Waals surface area contributed by atoms with E-state index in [2.05, 4.69) is 31.2 Å². The van der Waals surface area contributed by atoms with Gasteiger partial charge in [-0.2, -0.15) is 0 Å². The van der Waals surface area contributed by atoms with Gasteiger partial charge in [-0.15, -0.1) is 0 Å². The van der Waals surface area contributed by atoms with E-state index in [4.69, 9.17) is 4.74 Å². The van der Waals surface area contributed by atoms with E-state index in [1.54, 1.807) is 0 Å². The highest BCUT2D eigenvalue weighted by atomic mass is 16.5. The van der Waals surface area contributed by atoms with Crippen LogP contribution < -0.4 is 0 Å². The molecule has 140 valence electrons. The van der Waals surface area contributed by atoms with Gasteiger partial charge in [0.15, 0.2) is 0 Å². The Bertz CT molecular complexity index is 682. The predicted molar refractivity (Wildman–Crippen MR) is 110 cm³/mol. The largest absolute Gasteiger partial charge is 0.461 e. The molecule has 2 rings (SSSR count). The topological polar surface area (TPSA) is 26.3 Å². The molecule has 0 amide bonds. The molecule has 0 saturated heterocycles. The number of hydrogen-bond donors (Lipinski definition) is 0. The lowest BCUT2D eigenvalue weighted by atomic mass is 10.0. The number of benzene rings is 2. The molecule has 0 N–H and O–H groups in total. The molecule has 0 aliphatic carbocycles. The molecule has 0 fully saturated rings. The van der Waals surface area contributed by atoms with Crippen molar-refractivity contribution in [2.45, 2.75) is 64.7 Å². The first kappa shape index (κ1) is 20.2. The van der Waals surface area contributed by atoms with Gasteiger partial charge in [0.1, 0.15) is 6.61 Å². The highest BCUT2D eigenvalue weighted by Gasteiger charge is 2.07. The van der Waals surface area contributed by atoms with Gasteiger partial charge in [0.25, 0.3) is 0 Å². The molecule has 0 unspecified atom stereocenters. The fourth-order valence-corrected chi connectivity index (χ4v) is 3.20. The van der Waals surface area contributed by atoms with Crippen molar-refractivity contribution in [3.8, 4) is 0 Å². The van der Waals surface area contributed by atoms with E-state index < -0.39 is 0 Å². The molecule has 2 aromatic carbocycles. The van der Waals surface area contributed by atoms with Crippen LogP contribution in [0, 0.1) is 0 Å². The molecule has 2 heteroatoms. The van der Waals surface area contributed by atoms with Crippen molar-refractivity contribution in [3.05, 3.63) is 60.2 Å². The van der Waals surface area contributed by atoms with Crippen LogP contribution in [-0.4, -0.2) is 12.6 Å². The van der Waals surface area contributed by atoms with Crippen molar-refractivity contribution >= 4 is 16.7 Å². The summed E-state index contributed by atoms with van der Waals surface area (Å²) < 4.78 is 5.34. The quantitative estimate of drug-likeness (QED) is 0.244. The third kappa shape index (κ3) is 7.43. The average Bonchev–Trinajstić information content (AvgIpc) is 2.66. The van der Waals surface area contributed by atoms with Crippen LogP contribution >= 0.6 is 0 Å². The Labute approximate surface area is 158 Å². The Balaban J connectivity index is 1.60. The van der Waals surface area contributed by atoms with Gasteiger partial charge >= 0.3 is 5.97 Å². The zero-order valence-corrected chi connectivity index (χ0v) is 16.1. The first-order chi connectivity index (χ1) is 12.8. The highest BCUT2D eigenvalue weighted by molar-refractivity contribution is 5.88. The second-order valence-electron chi connectivity index (χ2n) is 6.88. The molecule has 0 saturated carbocycles. The SMILES string of the molecule is CCCCCCCCC/C=C/COC(=O)Cc1cccc2ccccc12. The number of ether oxygens (including phenoxy) is 1. The number of carbonyl (C=O) groups is 1. The minimum absolute atomic E-state index is 0.165. The Morgan fingerprint density at radius 2 is 1.62 bits per heavy atom. The maximum atomic E-state index is 12.1. The summed E-state index contributed by atoms with van der Waals surface area (Å²) in [7, 11) is 0. The van der Waals surface area contributed by atoms with Crippen molar-refractivity contribution in [2.24, 2.45) is 0 Å². The predicted octanol–water partition coefficient (Wildman–Crippen LogP) is 6.62. The molecule has 0 aromatic heterocycles. The smallest absolute Gasteiger partial charge is 0.310 e. The molecule has 0 bridgehead atoms. The molecular formula is C24H32O2. The summed E-state index contributed by atoms with van der Waals surface area (Å²) in [6.07, 6.45) is 14.8. The Morgan fingerprint density at radius 3 is 2.46 bits per heavy atom. The van der Waals surface area contributed by atoms with Crippen LogP contribution in [0.5, 0.6) is 0 Å². The summed E-state index contributed by atoms with van der Waals surface area (Å²) in [5, 5.41) is 2.29. The minimum Gasteiger partial charge on any atom is -0.461 e. The first-order valence-corrected chi connectivity index (χ1v) is 10.1. The van der Waals surface area contributed by atoms with Gasteiger partial charge in [-0.25, -0.2) is 0 Å². The number of esters is 1. The normalized spacial score (nSPS) is 11.3. The fourth-order valence-electron chi connectivity index (χ4n) is 3.20. The maximum Gasteiger partial charge on any atom is 0.310 e. The lowest BCUT2D eigenvalue weighted by molar-refractivity contribution is -0.141. The Hall–Kier alpha value is -2.09. The number of rotatable bonds is 12. The van der Waals surface area contributed by atoms with Crippen molar-refractivity contribution in [3.63, 3.8) is 0 Å². The molecule has 0 aliphatic heterocycles. The van der Waals surface area contributed by atoms with E-state index in [-0.39, 0.29) is 5.97 Å². The summed E-state index contributed by atoms with van der Waals surface area (Å²) >= 11 is 0. The summed E-state index contributed by atoms with van der Waals surface area (Å²) in [5.41, 5.74) is 1.03. The summed E-state index contributed by atoms with van der Waals surface area (Å²) in [5.74, 6) is -0.165. The number of hydrogen-bond acceptors (Lipinski definition) is 2. The second kappa shape index (κ2) is 12.3. The number of carbonyl (C=O) groups excluding carboxylic acids is 1. The molecule has 0 heterocycles. The number of allylic oxidation sites excluding steroid dienone is 1. The fraction of sp³-hybridized carbons (Fsp3) is 0.458. The van der Waals surface area contributed by atoms with Crippen molar-refractivity contribution < 1.29 is 9.53 Å². The Kier molecular flexibility index (Phi) is 9.56. The van der Waals surface area contributed by atoms with Gasteiger partial charge in [-0.3, -0.25) is 4.79 Å². The van der Waals surface area contributed by atoms with E-state index in [1.807, 2.05) is 30.3 Å². The third-order valence-electron chi connectivity index (χ3n) is 4.70. The number of fused-ring (bicyclic) bond motifs is 1. The maximum absolute atomic E-state index is 12.1. The van der Waals surface area contributed by atoms with Crippen LogP contribution in [-0.2, 0) is 16.0 Å². The van der Waals surface area contributed by atoms with Gasteiger partial charge in [0.05, 0.1) is 6.42 Å². The first-order valence-electron chi connectivity index (χ1n) is 10.1. The van der Waals surface area contributed by atoms with E-state index >= 15 is 0 Å². The van der Waals surface area contributed by atoms with Gasteiger partial charge in [-0.05, 0) is 29.2 Å². The van der Waals surface area contributed by atoms with Crippen LogP contribution in [0.2, 0.25) is 0 Å². The highest BCUT2D eigenvalue weighted by Crippen LogP contribution is 2.19. The Morgan fingerprint density at radius 1 is 0.885 bits per heavy atom. The van der Waals surface area contributed by atoms with Crippen LogP contribution in [0.3, 0.4) is 0 Å². The lowest BCUT2D eigenvalue weighted by Crippen LogP contribution is -2.08. The van der Waals surface area contributed by atoms with Crippen molar-refractivity contribution in [1.29, 1.82) is 0 Å². The van der Waals surface area contributed by atoms with Crippen LogP contribution in [0.25, 0.3) is 10.8 Å². The van der Waals surface area contributed by atoms with Gasteiger partial charge in [0, 0.05) is 0 Å². The molecule has 2 aromatic rings. The molecule has 0 aliphatic rings. The van der Waals surface area contributed by atoms with Gasteiger partial charge < -0.3 is 4.74 Å². The molecule has 2 nitrogen and oxygen atoms in total. The van der Waals surface area contributed by atoms with Crippen LogP contribution in [0.1, 0.15) is 63.9 Å². The number of unbranched alkanes of at least 4 members (excludes halogenated alkanes) is 7. The summed E-state index contributed by atoms with van der Waals surface area (Å²) in [4.78, 5) is 12.1. The van der Waals surface area contributed by atoms with Crippen molar-refractivity contribution in [1.82, 2.24) is 0 Å². The minimum atomic E-state index is -0.165. The summed E-state index contributed by atoms with van der Waals surface area (Å²) in [6, 6.07) is 14.2. The van der Waals surface area contributed by atoms with E-state index in [9.17, 15) is 4.79 Å². The molecular weight excluding hydrogens is 320 g/mol. The molecule has 0 spiro atoms. The van der Waals surface area contributed by atoms with Crippen LogP contribution in [0.15, 0.2) is 54.6 Å². The van der Waals surface area contributed by atoms with Crippen molar-refractivity contribution in [2.75, 3.05) is 6.61 Å². The molecule has 26 heavy (non-hydrogen) atoms. The standard InChI is InChI=1S/C24H32O2/c1-2-3-4-5-6-7-8-9-10-13-19-26-24(25)20-22-17-14-16-21-15-11-12-18-23(21)22/h10-18H,2-9,19-20H2,1H3/b13-10+. The van der Waals surface area contributed by atoms with Gasteiger partial charge in [0.2, 0.25) is 0 Å². The van der Waals surface area contributed by atoms with Crippen LogP contribution in [0.4, 0.5) is 0 Å². The zero-order chi connectivity index (χ0) is 18.5. The monoisotopic (exact) mass is 352 g/mol. The third-order valence-corrected chi connectivity index (χ3v) is 4.70. The average molecular weight is 353 g/mol. The molecule has 0 radical (unpaired) electrons. The van der Waals surface area contributed by atoms with E-state index in [0.717, 1.165) is 22.8 Å². The summed E-state index contributed by atoms with van der Waals surface area (Å²) in [6.45, 7) is 2.62.